The van der Waals surface area contributed by atoms with E-state index in [0.717, 1.165) is 42.3 Å². The maximum absolute atomic E-state index is 10.1. The molecule has 0 saturated carbocycles. The molecule has 0 bridgehead atoms. The number of rotatable bonds is 5. The predicted molar refractivity (Wildman–Crippen MR) is 138 cm³/mol. The van der Waals surface area contributed by atoms with Crippen molar-refractivity contribution in [2.75, 3.05) is 42.6 Å². The molecule has 5 rings (SSSR count). The molecule has 2 aromatic rings. The molecule has 0 unspecified atom stereocenters. The van der Waals surface area contributed by atoms with Crippen LogP contribution in [0.4, 0.5) is 11.6 Å². The largest absolute Gasteiger partial charge is 0.390 e. The maximum Gasteiger partial charge on any atom is 0.153 e. The van der Waals surface area contributed by atoms with Crippen molar-refractivity contribution < 1.29 is 14.9 Å². The van der Waals surface area contributed by atoms with Gasteiger partial charge in [0.05, 0.1) is 36.1 Å². The van der Waals surface area contributed by atoms with Gasteiger partial charge in [0, 0.05) is 48.7 Å². The number of nitrogens with zero attached hydrogens (tertiary/aromatic N) is 5. The molecule has 0 amide bonds. The van der Waals surface area contributed by atoms with Gasteiger partial charge in [0.1, 0.15) is 16.5 Å². The molecule has 3 aliphatic heterocycles. The molecule has 3 saturated heterocycles. The molecule has 0 aliphatic carbocycles. The molecule has 35 heavy (non-hydrogen) atoms. The predicted octanol–water partition coefficient (Wildman–Crippen LogP) is 2.63. The van der Waals surface area contributed by atoms with E-state index in [4.69, 9.17) is 32.0 Å². The van der Waals surface area contributed by atoms with Crippen molar-refractivity contribution in [3.05, 3.63) is 28.7 Å². The number of aliphatic hydroxyl groups excluding tert-OH is 2. The van der Waals surface area contributed by atoms with Gasteiger partial charge in [0.25, 0.3) is 0 Å². The van der Waals surface area contributed by atoms with Crippen molar-refractivity contribution in [3.63, 3.8) is 0 Å². The van der Waals surface area contributed by atoms with Crippen LogP contribution in [0, 0.1) is 12.3 Å². The fraction of sp³-hybridized carbons (Fsp3) is 0.625. The zero-order valence-corrected chi connectivity index (χ0v) is 21.0. The summed E-state index contributed by atoms with van der Waals surface area (Å²) in [6.07, 6.45) is 3.32. The molecule has 3 fully saturated rings. The number of piperidine rings is 1. The summed E-state index contributed by atoms with van der Waals surface area (Å²) in [5, 5.41) is 20.9. The lowest BCUT2D eigenvalue weighted by molar-refractivity contribution is 0.0973. The lowest BCUT2D eigenvalue weighted by Gasteiger charge is -2.42. The van der Waals surface area contributed by atoms with Crippen molar-refractivity contribution >= 4 is 35.0 Å². The summed E-state index contributed by atoms with van der Waals surface area (Å²) in [6.45, 7) is 7.14. The summed E-state index contributed by atoms with van der Waals surface area (Å²) in [4.78, 5) is 19.0. The van der Waals surface area contributed by atoms with Gasteiger partial charge in [-0.3, -0.25) is 0 Å². The Labute approximate surface area is 216 Å². The van der Waals surface area contributed by atoms with Gasteiger partial charge >= 0.3 is 0 Å². The number of aliphatic hydroxyl groups is 2. The normalized spacial score (nSPS) is 23.9. The minimum atomic E-state index is -0.341. The average molecular weight is 523 g/mol. The van der Waals surface area contributed by atoms with E-state index in [2.05, 4.69) is 9.88 Å². The third-order valence-electron chi connectivity index (χ3n) is 7.34. The van der Waals surface area contributed by atoms with Gasteiger partial charge in [-0.05, 0) is 32.8 Å². The van der Waals surface area contributed by atoms with E-state index >= 15 is 0 Å². The number of aromatic nitrogens is 3. The summed E-state index contributed by atoms with van der Waals surface area (Å²) in [5.41, 5.74) is 7.82. The third-order valence-corrected chi connectivity index (χ3v) is 8.96. The standard InChI is InChI=1S/C23H31ClN6O3S.CH4/c1-13-22(34-17-3-6-26-21(18(17)24)30-9-15(32)10-30)28-16(11-31)20(27-13)29-7-4-23(5-8-29)12-33-14(2)19(23)25;/h3,6,14-15,19,31-32H,4-5,7-12,25H2,1-2H3;1H4/t14-,19+;/m0./s1. The Morgan fingerprint density at radius 3 is 2.54 bits per heavy atom. The lowest BCUT2D eigenvalue weighted by atomic mass is 9.73. The average Bonchev–Trinajstić information content (AvgIpc) is 3.08. The summed E-state index contributed by atoms with van der Waals surface area (Å²) in [7, 11) is 0. The van der Waals surface area contributed by atoms with Gasteiger partial charge in [0.2, 0.25) is 0 Å². The lowest BCUT2D eigenvalue weighted by Crippen LogP contribution is -2.51. The van der Waals surface area contributed by atoms with E-state index in [1.165, 1.54) is 11.8 Å². The Kier molecular flexibility index (Phi) is 7.80. The summed E-state index contributed by atoms with van der Waals surface area (Å²) >= 11 is 8.05. The highest BCUT2D eigenvalue weighted by molar-refractivity contribution is 7.99. The van der Waals surface area contributed by atoms with Crippen molar-refractivity contribution in [3.8, 4) is 0 Å². The van der Waals surface area contributed by atoms with E-state index in [1.54, 1.807) is 6.20 Å². The van der Waals surface area contributed by atoms with Gasteiger partial charge in [-0.1, -0.05) is 30.8 Å². The first-order chi connectivity index (χ1) is 16.3. The minimum absolute atomic E-state index is 0. The Morgan fingerprint density at radius 1 is 1.23 bits per heavy atom. The molecule has 0 radical (unpaired) electrons. The molecule has 5 heterocycles. The number of pyridine rings is 1. The first-order valence-electron chi connectivity index (χ1n) is 11.7. The van der Waals surface area contributed by atoms with Crippen molar-refractivity contribution in [1.29, 1.82) is 0 Å². The van der Waals surface area contributed by atoms with Crippen LogP contribution in [0.3, 0.4) is 0 Å². The Balaban J connectivity index is 0.00000289. The minimum Gasteiger partial charge on any atom is -0.390 e. The van der Waals surface area contributed by atoms with Crippen LogP contribution in [0.25, 0.3) is 0 Å². The highest BCUT2D eigenvalue weighted by Gasteiger charge is 2.47. The molecule has 2 atom stereocenters. The number of anilines is 2. The SMILES string of the molecule is C.Cc1nc(N2CCC3(CC2)CO[C@@H](C)[C@H]3N)c(CO)nc1Sc1ccnc(N2CC(O)C2)c1Cl. The molecular weight excluding hydrogens is 488 g/mol. The number of nitrogens with two attached hydrogens (primary N) is 1. The van der Waals surface area contributed by atoms with Gasteiger partial charge in [-0.2, -0.15) is 0 Å². The number of aryl methyl sites for hydroxylation is 1. The summed E-state index contributed by atoms with van der Waals surface area (Å²) in [6, 6.07) is 1.89. The molecule has 4 N–H and O–H groups in total. The topological polar surface area (TPSA) is 121 Å². The first-order valence-corrected chi connectivity index (χ1v) is 12.9. The van der Waals surface area contributed by atoms with E-state index in [0.29, 0.717) is 41.3 Å². The fourth-order valence-electron chi connectivity index (χ4n) is 5.06. The van der Waals surface area contributed by atoms with Crippen molar-refractivity contribution in [1.82, 2.24) is 15.0 Å². The van der Waals surface area contributed by atoms with Crippen LogP contribution < -0.4 is 15.5 Å². The second-order valence-electron chi connectivity index (χ2n) is 9.54. The van der Waals surface area contributed by atoms with Crippen LogP contribution in [-0.4, -0.2) is 76.2 Å². The number of halogens is 1. The van der Waals surface area contributed by atoms with Gasteiger partial charge < -0.3 is 30.5 Å². The molecular formula is C24H35ClN6O3S. The highest BCUT2D eigenvalue weighted by atomic mass is 35.5. The Hall–Kier alpha value is -1.69. The number of hydrogen-bond acceptors (Lipinski definition) is 10. The van der Waals surface area contributed by atoms with Gasteiger partial charge in [-0.25, -0.2) is 15.0 Å². The molecule has 3 aliphatic rings. The number of ether oxygens (including phenoxy) is 1. The highest BCUT2D eigenvalue weighted by Crippen LogP contribution is 2.43. The molecule has 0 aromatic carbocycles. The van der Waals surface area contributed by atoms with E-state index < -0.39 is 0 Å². The van der Waals surface area contributed by atoms with E-state index in [1.807, 2.05) is 24.8 Å². The van der Waals surface area contributed by atoms with Crippen molar-refractivity contribution in [2.45, 2.75) is 68.9 Å². The number of hydrogen-bond donors (Lipinski definition) is 3. The Bertz CT molecular complexity index is 1060. The van der Waals surface area contributed by atoms with Crippen LogP contribution in [0.2, 0.25) is 5.02 Å². The molecule has 192 valence electrons. The second-order valence-corrected chi connectivity index (χ2v) is 11.0. The van der Waals surface area contributed by atoms with Crippen LogP contribution in [0.15, 0.2) is 22.2 Å². The molecule has 2 aromatic heterocycles. The van der Waals surface area contributed by atoms with E-state index in [9.17, 15) is 10.2 Å². The maximum atomic E-state index is 10.1. The monoisotopic (exact) mass is 522 g/mol. The van der Waals surface area contributed by atoms with Crippen LogP contribution in [0.5, 0.6) is 0 Å². The molecule has 9 nitrogen and oxygen atoms in total. The summed E-state index contributed by atoms with van der Waals surface area (Å²) in [5.74, 6) is 1.39. The third kappa shape index (κ3) is 4.84. The smallest absolute Gasteiger partial charge is 0.153 e. The zero-order valence-electron chi connectivity index (χ0n) is 19.4. The second kappa shape index (κ2) is 10.4. The molecule has 11 heteroatoms. The summed E-state index contributed by atoms with van der Waals surface area (Å²) < 4.78 is 5.84. The molecule has 1 spiro atoms. The quantitative estimate of drug-likeness (QED) is 0.540. The first kappa shape index (κ1) is 26.4. The van der Waals surface area contributed by atoms with Crippen LogP contribution >= 0.6 is 23.4 Å². The van der Waals surface area contributed by atoms with Gasteiger partial charge in [0.15, 0.2) is 5.82 Å². The fourth-order valence-corrected chi connectivity index (χ4v) is 6.28. The Morgan fingerprint density at radius 2 is 1.94 bits per heavy atom. The number of β-amino-alcohol motifs (C(OH)–C–C–N with tert-alkyl or cyclic N) is 1. The van der Waals surface area contributed by atoms with Gasteiger partial charge in [-0.15, -0.1) is 0 Å². The van der Waals surface area contributed by atoms with Crippen LogP contribution in [-0.2, 0) is 11.3 Å². The zero-order chi connectivity index (χ0) is 24.0. The van der Waals surface area contributed by atoms with Crippen molar-refractivity contribution in [2.24, 2.45) is 11.1 Å². The van der Waals surface area contributed by atoms with Crippen LogP contribution in [0.1, 0.15) is 38.6 Å². The van der Waals surface area contributed by atoms with E-state index in [-0.39, 0.29) is 37.7 Å².